The normalized spacial score (nSPS) is 27.2. The van der Waals surface area contributed by atoms with Crippen LogP contribution in [0.15, 0.2) is 4.99 Å². The summed E-state index contributed by atoms with van der Waals surface area (Å²) in [4.78, 5) is 6.90. The lowest BCUT2D eigenvalue weighted by Crippen LogP contribution is -2.42. The summed E-state index contributed by atoms with van der Waals surface area (Å²) < 4.78 is 11.1. The number of hydrogen-bond donors (Lipinski definition) is 2. The van der Waals surface area contributed by atoms with Crippen LogP contribution in [0.5, 0.6) is 0 Å². The highest BCUT2D eigenvalue weighted by atomic mass is 127. The van der Waals surface area contributed by atoms with Crippen LogP contribution >= 0.6 is 24.0 Å². The Morgan fingerprint density at radius 2 is 1.85 bits per heavy atom. The highest BCUT2D eigenvalue weighted by Crippen LogP contribution is 2.20. The van der Waals surface area contributed by atoms with Gasteiger partial charge >= 0.3 is 0 Å². The molecule has 6 nitrogen and oxygen atoms in total. The van der Waals surface area contributed by atoms with Gasteiger partial charge in [-0.1, -0.05) is 13.8 Å². The zero-order chi connectivity index (χ0) is 17.9. The molecule has 0 radical (unpaired) electrons. The zero-order valence-electron chi connectivity index (χ0n) is 16.8. The zero-order valence-corrected chi connectivity index (χ0v) is 19.2. The van der Waals surface area contributed by atoms with Crippen molar-refractivity contribution in [2.75, 3.05) is 59.6 Å². The molecule has 0 aromatic heterocycles. The van der Waals surface area contributed by atoms with E-state index in [1.54, 1.807) is 0 Å². The third-order valence-corrected chi connectivity index (χ3v) is 4.97. The summed E-state index contributed by atoms with van der Waals surface area (Å²) in [6.07, 6.45) is 4.86. The smallest absolute Gasteiger partial charge is 0.190 e. The molecule has 154 valence electrons. The summed E-state index contributed by atoms with van der Waals surface area (Å²) in [5.74, 6) is 2.57. The van der Waals surface area contributed by atoms with E-state index in [0.717, 1.165) is 70.0 Å². The fraction of sp³-hybridized carbons (Fsp3) is 0.947. The lowest BCUT2D eigenvalue weighted by molar-refractivity contribution is 0.0420. The number of guanidine groups is 1. The fourth-order valence-electron chi connectivity index (χ4n) is 3.88. The van der Waals surface area contributed by atoms with Gasteiger partial charge in [-0.2, -0.15) is 0 Å². The maximum Gasteiger partial charge on any atom is 0.190 e. The van der Waals surface area contributed by atoms with Crippen LogP contribution in [0.25, 0.3) is 0 Å². The largest absolute Gasteiger partial charge is 0.379 e. The van der Waals surface area contributed by atoms with Crippen LogP contribution in [0.1, 0.15) is 39.5 Å². The van der Waals surface area contributed by atoms with E-state index in [1.807, 2.05) is 7.05 Å². The van der Waals surface area contributed by atoms with Gasteiger partial charge in [-0.15, -0.1) is 24.0 Å². The minimum Gasteiger partial charge on any atom is -0.379 e. The van der Waals surface area contributed by atoms with Gasteiger partial charge in [0.1, 0.15) is 0 Å². The van der Waals surface area contributed by atoms with Gasteiger partial charge in [0, 0.05) is 46.4 Å². The molecule has 2 heterocycles. The van der Waals surface area contributed by atoms with Crippen LogP contribution < -0.4 is 10.6 Å². The van der Waals surface area contributed by atoms with Crippen LogP contribution in [-0.2, 0) is 9.47 Å². The van der Waals surface area contributed by atoms with Crippen molar-refractivity contribution in [2.24, 2.45) is 16.8 Å². The quantitative estimate of drug-likeness (QED) is 0.229. The summed E-state index contributed by atoms with van der Waals surface area (Å²) in [5, 5.41) is 6.78. The van der Waals surface area contributed by atoms with Crippen molar-refractivity contribution in [3.05, 3.63) is 0 Å². The second kappa shape index (κ2) is 14.0. The summed E-state index contributed by atoms with van der Waals surface area (Å²) in [6, 6.07) is 0. The Morgan fingerprint density at radius 1 is 1.15 bits per heavy atom. The number of hydrogen-bond acceptors (Lipinski definition) is 4. The summed E-state index contributed by atoms with van der Waals surface area (Å²) in [5.41, 5.74) is 0. The molecule has 26 heavy (non-hydrogen) atoms. The number of ether oxygens (including phenoxy) is 2. The Hall–Kier alpha value is -0.120. The molecule has 2 fully saturated rings. The Bertz CT molecular complexity index is 382. The van der Waals surface area contributed by atoms with Crippen molar-refractivity contribution in [1.82, 2.24) is 15.5 Å². The molecule has 0 amide bonds. The van der Waals surface area contributed by atoms with E-state index < -0.39 is 0 Å². The first-order valence-corrected chi connectivity index (χ1v) is 10.0. The van der Waals surface area contributed by atoms with Crippen molar-refractivity contribution < 1.29 is 9.47 Å². The van der Waals surface area contributed by atoms with E-state index in [0.29, 0.717) is 6.10 Å². The van der Waals surface area contributed by atoms with Gasteiger partial charge < -0.3 is 25.0 Å². The maximum atomic E-state index is 5.77. The highest BCUT2D eigenvalue weighted by Gasteiger charge is 2.21. The number of nitrogens with one attached hydrogen (secondary N) is 2. The first kappa shape index (κ1) is 23.9. The first-order chi connectivity index (χ1) is 12.2. The van der Waals surface area contributed by atoms with Crippen molar-refractivity contribution in [2.45, 2.75) is 45.6 Å². The molecule has 2 N–H and O–H groups in total. The molecule has 2 aliphatic heterocycles. The van der Waals surface area contributed by atoms with E-state index in [1.165, 1.54) is 26.1 Å². The molecule has 2 aliphatic rings. The van der Waals surface area contributed by atoms with Gasteiger partial charge in [0.25, 0.3) is 0 Å². The van der Waals surface area contributed by atoms with Crippen LogP contribution in [0.4, 0.5) is 0 Å². The Kier molecular flexibility index (Phi) is 12.8. The molecule has 0 spiro atoms. The average molecular weight is 482 g/mol. The number of rotatable bonds is 9. The maximum absolute atomic E-state index is 5.77. The van der Waals surface area contributed by atoms with Crippen LogP contribution in [0, 0.1) is 11.8 Å². The van der Waals surface area contributed by atoms with E-state index in [9.17, 15) is 0 Å². The van der Waals surface area contributed by atoms with Gasteiger partial charge in [-0.25, -0.2) is 0 Å². The molecule has 0 bridgehead atoms. The summed E-state index contributed by atoms with van der Waals surface area (Å²) in [6.45, 7) is 12.7. The highest BCUT2D eigenvalue weighted by molar-refractivity contribution is 14.0. The predicted molar refractivity (Wildman–Crippen MR) is 119 cm³/mol. The van der Waals surface area contributed by atoms with E-state index in [4.69, 9.17) is 9.47 Å². The van der Waals surface area contributed by atoms with Crippen molar-refractivity contribution in [3.8, 4) is 0 Å². The minimum atomic E-state index is 0. The van der Waals surface area contributed by atoms with E-state index >= 15 is 0 Å². The average Bonchev–Trinajstić information content (AvgIpc) is 3.09. The van der Waals surface area contributed by atoms with E-state index in [-0.39, 0.29) is 24.0 Å². The van der Waals surface area contributed by atoms with Crippen molar-refractivity contribution in [1.29, 1.82) is 0 Å². The van der Waals surface area contributed by atoms with Gasteiger partial charge in [0.15, 0.2) is 5.96 Å². The molecule has 3 atom stereocenters. The fourth-order valence-corrected chi connectivity index (χ4v) is 3.88. The Morgan fingerprint density at radius 3 is 2.46 bits per heavy atom. The van der Waals surface area contributed by atoms with E-state index in [2.05, 4.69) is 34.4 Å². The Labute approximate surface area is 176 Å². The number of aliphatic imine (C=N–C) groups is 1. The van der Waals surface area contributed by atoms with Crippen molar-refractivity contribution >= 4 is 29.9 Å². The Balaban J connectivity index is 0.00000338. The number of piperidine rings is 1. The molecule has 7 heteroatoms. The van der Waals surface area contributed by atoms with Crippen LogP contribution in [0.3, 0.4) is 0 Å². The molecule has 3 unspecified atom stereocenters. The third kappa shape index (κ3) is 9.71. The number of halogens is 1. The predicted octanol–water partition coefficient (Wildman–Crippen LogP) is 2.33. The number of likely N-dealkylation sites (tertiary alicyclic amines) is 1. The van der Waals surface area contributed by atoms with Crippen LogP contribution in [0.2, 0.25) is 0 Å². The lowest BCUT2D eigenvalue weighted by atomic mass is 9.92. The monoisotopic (exact) mass is 482 g/mol. The number of nitrogens with zero attached hydrogens (tertiary/aromatic N) is 2. The van der Waals surface area contributed by atoms with Crippen molar-refractivity contribution in [3.63, 3.8) is 0 Å². The molecular weight excluding hydrogens is 443 g/mol. The first-order valence-electron chi connectivity index (χ1n) is 10.0. The second-order valence-corrected chi connectivity index (χ2v) is 7.69. The van der Waals surface area contributed by atoms with Gasteiger partial charge in [-0.05, 0) is 44.1 Å². The third-order valence-electron chi connectivity index (χ3n) is 4.97. The van der Waals surface area contributed by atoms with Crippen LogP contribution in [-0.4, -0.2) is 76.6 Å². The minimum absolute atomic E-state index is 0. The topological polar surface area (TPSA) is 58.1 Å². The standard InChI is InChI=1S/C19H38N4O2.HI/c1-16-12-17(2)14-23(13-16)9-4-7-21-19(20-3)22-8-5-10-25-18-6-11-24-15-18;/h16-18H,4-15H2,1-3H3,(H2,20,21,22);1H. The van der Waals surface area contributed by atoms with Gasteiger partial charge in [0.2, 0.25) is 0 Å². The molecule has 0 saturated carbocycles. The molecule has 0 aromatic rings. The molecule has 0 aromatic carbocycles. The molecular formula is C19H39IN4O2. The summed E-state index contributed by atoms with van der Waals surface area (Å²) >= 11 is 0. The molecule has 2 rings (SSSR count). The summed E-state index contributed by atoms with van der Waals surface area (Å²) in [7, 11) is 1.83. The van der Waals surface area contributed by atoms with Gasteiger partial charge in [-0.3, -0.25) is 4.99 Å². The SMILES string of the molecule is CN=C(NCCCOC1CCOC1)NCCCN1CC(C)CC(C)C1.I. The second-order valence-electron chi connectivity index (χ2n) is 7.69. The molecule has 2 saturated heterocycles. The molecule has 0 aliphatic carbocycles. The van der Waals surface area contributed by atoms with Gasteiger partial charge in [0.05, 0.1) is 12.7 Å². The lowest BCUT2D eigenvalue weighted by Gasteiger charge is -2.35.